The van der Waals surface area contributed by atoms with Gasteiger partial charge in [0.15, 0.2) is 0 Å². The Morgan fingerprint density at radius 3 is 3.08 bits per heavy atom. The number of hydrogen-bond acceptors (Lipinski definition) is 4. The van der Waals surface area contributed by atoms with Crippen LogP contribution in [-0.2, 0) is 27.4 Å². The molecule has 0 spiro atoms. The standard InChI is InChI=1S/C19H23N3O3/c1-2-21-9-8-20-18(21)17-15(7-11-25-17)19(23)22-10-12-24-13-14-5-3-4-6-16(14)22/h3-6,8-9,15,17H,2,7,10-13H2,1H3/t15-,17-/m1/s1. The highest BCUT2D eigenvalue weighted by Crippen LogP contribution is 2.37. The topological polar surface area (TPSA) is 56.6 Å². The molecule has 6 heteroatoms. The minimum Gasteiger partial charge on any atom is -0.375 e. The molecule has 132 valence electrons. The Morgan fingerprint density at radius 2 is 2.20 bits per heavy atom. The maximum Gasteiger partial charge on any atom is 0.233 e. The van der Waals surface area contributed by atoms with E-state index in [9.17, 15) is 4.79 Å². The Balaban J connectivity index is 1.64. The molecule has 0 saturated carbocycles. The number of benzene rings is 1. The van der Waals surface area contributed by atoms with Gasteiger partial charge in [-0.2, -0.15) is 0 Å². The lowest BCUT2D eigenvalue weighted by Gasteiger charge is -2.27. The van der Waals surface area contributed by atoms with Gasteiger partial charge in [-0.25, -0.2) is 4.98 Å². The number of imidazole rings is 1. The van der Waals surface area contributed by atoms with Crippen LogP contribution in [0.25, 0.3) is 0 Å². The lowest BCUT2D eigenvalue weighted by Crippen LogP contribution is -2.39. The van der Waals surface area contributed by atoms with Crippen LogP contribution in [0, 0.1) is 5.92 Å². The number of rotatable bonds is 3. The largest absolute Gasteiger partial charge is 0.375 e. The zero-order chi connectivity index (χ0) is 17.2. The molecule has 6 nitrogen and oxygen atoms in total. The molecule has 1 amide bonds. The molecule has 2 aromatic rings. The van der Waals surface area contributed by atoms with E-state index in [2.05, 4.69) is 16.5 Å². The van der Waals surface area contributed by atoms with Crippen LogP contribution in [0.1, 0.15) is 30.8 Å². The van der Waals surface area contributed by atoms with Gasteiger partial charge < -0.3 is 18.9 Å². The van der Waals surface area contributed by atoms with Crippen LogP contribution < -0.4 is 4.90 Å². The lowest BCUT2D eigenvalue weighted by atomic mass is 9.98. The summed E-state index contributed by atoms with van der Waals surface area (Å²) in [6.45, 7) is 5.13. The van der Waals surface area contributed by atoms with Gasteiger partial charge >= 0.3 is 0 Å². The van der Waals surface area contributed by atoms with Gasteiger partial charge in [-0.1, -0.05) is 18.2 Å². The lowest BCUT2D eigenvalue weighted by molar-refractivity contribution is -0.124. The Bertz CT molecular complexity index is 758. The molecule has 1 aromatic carbocycles. The smallest absolute Gasteiger partial charge is 0.233 e. The van der Waals surface area contributed by atoms with Crippen LogP contribution in [0.4, 0.5) is 5.69 Å². The highest BCUT2D eigenvalue weighted by atomic mass is 16.5. The number of ether oxygens (including phenoxy) is 2. The average Bonchev–Trinajstić information content (AvgIpc) is 3.25. The van der Waals surface area contributed by atoms with Crippen LogP contribution in [0.15, 0.2) is 36.7 Å². The van der Waals surface area contributed by atoms with Crippen molar-refractivity contribution in [3.63, 3.8) is 0 Å². The van der Waals surface area contributed by atoms with E-state index in [1.54, 1.807) is 6.20 Å². The number of nitrogens with zero attached hydrogens (tertiary/aromatic N) is 3. The van der Waals surface area contributed by atoms with Gasteiger partial charge in [-0.05, 0) is 19.4 Å². The fourth-order valence-electron chi connectivity index (χ4n) is 3.73. The minimum absolute atomic E-state index is 0.103. The van der Waals surface area contributed by atoms with Gasteiger partial charge in [-0.3, -0.25) is 4.79 Å². The predicted octanol–water partition coefficient (Wildman–Crippen LogP) is 2.54. The highest BCUT2D eigenvalue weighted by Gasteiger charge is 2.40. The first kappa shape index (κ1) is 16.3. The number of aromatic nitrogens is 2. The first-order chi connectivity index (χ1) is 12.3. The molecule has 2 aliphatic heterocycles. The second-order valence-corrected chi connectivity index (χ2v) is 6.43. The third-order valence-corrected chi connectivity index (χ3v) is 5.02. The predicted molar refractivity (Wildman–Crippen MR) is 93.2 cm³/mol. The monoisotopic (exact) mass is 341 g/mol. The number of hydrogen-bond donors (Lipinski definition) is 0. The second kappa shape index (κ2) is 6.98. The summed E-state index contributed by atoms with van der Waals surface area (Å²) < 4.78 is 13.6. The van der Waals surface area contributed by atoms with Gasteiger partial charge in [0.25, 0.3) is 0 Å². The molecular formula is C19H23N3O3. The van der Waals surface area contributed by atoms with Crippen LogP contribution in [-0.4, -0.2) is 35.2 Å². The highest BCUT2D eigenvalue weighted by molar-refractivity contribution is 5.96. The van der Waals surface area contributed by atoms with Gasteiger partial charge in [0.1, 0.15) is 11.9 Å². The summed E-state index contributed by atoms with van der Waals surface area (Å²) in [5.74, 6) is 0.739. The second-order valence-electron chi connectivity index (χ2n) is 6.43. The van der Waals surface area contributed by atoms with Crippen LogP contribution in [0.2, 0.25) is 0 Å². The van der Waals surface area contributed by atoms with Crippen molar-refractivity contribution in [1.29, 1.82) is 0 Å². The molecule has 0 radical (unpaired) electrons. The molecule has 0 bridgehead atoms. The molecule has 3 heterocycles. The molecule has 1 fully saturated rings. The molecule has 0 N–H and O–H groups in total. The Labute approximate surface area is 147 Å². The number of fused-ring (bicyclic) bond motifs is 1. The van der Waals surface area contributed by atoms with Gasteiger partial charge in [0.05, 0.1) is 19.1 Å². The Morgan fingerprint density at radius 1 is 1.32 bits per heavy atom. The van der Waals surface area contributed by atoms with Crippen molar-refractivity contribution in [3.8, 4) is 0 Å². The summed E-state index contributed by atoms with van der Waals surface area (Å²) in [5, 5.41) is 0. The van der Waals surface area contributed by atoms with E-state index < -0.39 is 0 Å². The quantitative estimate of drug-likeness (QED) is 0.861. The number of aryl methyl sites for hydroxylation is 1. The number of para-hydroxylation sites is 1. The fourth-order valence-corrected chi connectivity index (χ4v) is 3.73. The van der Waals surface area contributed by atoms with Crippen molar-refractivity contribution >= 4 is 11.6 Å². The van der Waals surface area contributed by atoms with Gasteiger partial charge in [0.2, 0.25) is 5.91 Å². The maximum absolute atomic E-state index is 13.4. The van der Waals surface area contributed by atoms with Crippen molar-refractivity contribution < 1.29 is 14.3 Å². The Kier molecular flexibility index (Phi) is 4.55. The van der Waals surface area contributed by atoms with E-state index >= 15 is 0 Å². The van der Waals surface area contributed by atoms with Crippen molar-refractivity contribution in [1.82, 2.24) is 9.55 Å². The number of anilines is 1. The van der Waals surface area contributed by atoms with Crippen molar-refractivity contribution in [2.24, 2.45) is 5.92 Å². The third-order valence-electron chi connectivity index (χ3n) is 5.02. The molecule has 2 aliphatic rings. The first-order valence-electron chi connectivity index (χ1n) is 8.89. The molecule has 0 aliphatic carbocycles. The maximum atomic E-state index is 13.4. The van der Waals surface area contributed by atoms with E-state index in [4.69, 9.17) is 9.47 Å². The molecule has 25 heavy (non-hydrogen) atoms. The molecule has 2 atom stereocenters. The molecular weight excluding hydrogens is 318 g/mol. The number of carbonyl (C=O) groups is 1. The summed E-state index contributed by atoms with van der Waals surface area (Å²) >= 11 is 0. The van der Waals surface area contributed by atoms with Gasteiger partial charge in [0, 0.05) is 43.3 Å². The summed E-state index contributed by atoms with van der Waals surface area (Å²) in [6, 6.07) is 7.97. The summed E-state index contributed by atoms with van der Waals surface area (Å²) in [4.78, 5) is 19.7. The van der Waals surface area contributed by atoms with Gasteiger partial charge in [-0.15, -0.1) is 0 Å². The van der Waals surface area contributed by atoms with Crippen molar-refractivity contribution in [2.45, 2.75) is 32.6 Å². The van der Waals surface area contributed by atoms with Crippen molar-refractivity contribution in [3.05, 3.63) is 48.0 Å². The van der Waals surface area contributed by atoms with Crippen LogP contribution in [0.5, 0.6) is 0 Å². The normalized spacial score (nSPS) is 23.3. The zero-order valence-electron chi connectivity index (χ0n) is 14.4. The number of carbonyl (C=O) groups excluding carboxylic acids is 1. The van der Waals surface area contributed by atoms with Crippen LogP contribution >= 0.6 is 0 Å². The number of amides is 1. The Hall–Kier alpha value is -2.18. The summed E-state index contributed by atoms with van der Waals surface area (Å²) in [6.07, 6.45) is 4.16. The molecule has 1 saturated heterocycles. The van der Waals surface area contributed by atoms with E-state index in [1.165, 1.54) is 0 Å². The molecule has 1 aromatic heterocycles. The fraction of sp³-hybridized carbons (Fsp3) is 0.474. The SMILES string of the molecule is CCn1ccnc1[C@@H]1OCC[C@H]1C(=O)N1CCOCc2ccccc21. The molecule has 0 unspecified atom stereocenters. The first-order valence-corrected chi connectivity index (χ1v) is 8.89. The minimum atomic E-state index is -0.279. The summed E-state index contributed by atoms with van der Waals surface area (Å²) in [5.41, 5.74) is 2.01. The third kappa shape index (κ3) is 2.96. The van der Waals surface area contributed by atoms with Crippen molar-refractivity contribution in [2.75, 3.05) is 24.7 Å². The van der Waals surface area contributed by atoms with E-state index in [-0.39, 0.29) is 17.9 Å². The summed E-state index contributed by atoms with van der Waals surface area (Å²) in [7, 11) is 0. The zero-order valence-corrected chi connectivity index (χ0v) is 14.4. The molecule has 4 rings (SSSR count). The van der Waals surface area contributed by atoms with E-state index in [0.29, 0.717) is 26.4 Å². The van der Waals surface area contributed by atoms with E-state index in [0.717, 1.165) is 30.0 Å². The average molecular weight is 341 g/mol. The van der Waals surface area contributed by atoms with E-state index in [1.807, 2.05) is 35.4 Å². The van der Waals surface area contributed by atoms with Crippen LogP contribution in [0.3, 0.4) is 0 Å².